The smallest absolute Gasteiger partial charge is 0.252 e. The molecule has 1 aromatic rings. The van der Waals surface area contributed by atoms with Crippen LogP contribution in [0.1, 0.15) is 49.6 Å². The molecule has 84 valence electrons. The molecule has 1 aromatic heterocycles. The molecule has 0 aromatic carbocycles. The first-order valence-corrected chi connectivity index (χ1v) is 4.50. The van der Waals surface area contributed by atoms with Crippen molar-refractivity contribution in [2.75, 3.05) is 0 Å². The number of rotatable bonds is 3. The van der Waals surface area contributed by atoms with Gasteiger partial charge in [0.1, 0.15) is 5.69 Å². The van der Waals surface area contributed by atoms with Gasteiger partial charge in [0, 0.05) is 11.3 Å². The molecule has 0 aliphatic carbocycles. The fourth-order valence-electron chi connectivity index (χ4n) is 1.13. The Hall–Kier alpha value is -1.13. The molecule has 0 amide bonds. The molecular formula is C10H11F4N. The van der Waals surface area contributed by atoms with Crippen LogP contribution in [0.5, 0.6) is 0 Å². The quantitative estimate of drug-likeness (QED) is 0.701. The van der Waals surface area contributed by atoms with E-state index in [0.717, 1.165) is 6.07 Å². The molecule has 1 rings (SSSR count). The van der Waals surface area contributed by atoms with Crippen molar-refractivity contribution in [2.24, 2.45) is 0 Å². The van der Waals surface area contributed by atoms with Gasteiger partial charge in [-0.05, 0) is 18.1 Å². The van der Waals surface area contributed by atoms with E-state index in [-0.39, 0.29) is 11.6 Å². The molecule has 15 heavy (non-hydrogen) atoms. The first-order valence-electron chi connectivity index (χ1n) is 4.50. The van der Waals surface area contributed by atoms with Crippen LogP contribution in [-0.2, 0) is 0 Å². The summed E-state index contributed by atoms with van der Waals surface area (Å²) in [7, 11) is 0. The third-order valence-corrected chi connectivity index (χ3v) is 1.95. The highest BCUT2D eigenvalue weighted by Crippen LogP contribution is 2.27. The second kappa shape index (κ2) is 4.59. The Balaban J connectivity index is 3.20. The maximum absolute atomic E-state index is 12.4. The molecule has 0 unspecified atom stereocenters. The summed E-state index contributed by atoms with van der Waals surface area (Å²) in [5.41, 5.74) is -0.719. The lowest BCUT2D eigenvalue weighted by Crippen LogP contribution is -2.01. The highest BCUT2D eigenvalue weighted by molar-refractivity contribution is 5.24. The van der Waals surface area contributed by atoms with Gasteiger partial charge in [0.2, 0.25) is 0 Å². The Labute approximate surface area is 85.1 Å². The van der Waals surface area contributed by atoms with Crippen molar-refractivity contribution < 1.29 is 17.6 Å². The Kier molecular flexibility index (Phi) is 3.66. The van der Waals surface area contributed by atoms with Gasteiger partial charge < -0.3 is 0 Å². The first kappa shape index (κ1) is 11.9. The van der Waals surface area contributed by atoms with Crippen molar-refractivity contribution >= 4 is 0 Å². The van der Waals surface area contributed by atoms with Gasteiger partial charge in [-0.2, -0.15) is 0 Å². The molecule has 1 nitrogen and oxygen atoms in total. The highest BCUT2D eigenvalue weighted by atomic mass is 19.3. The summed E-state index contributed by atoms with van der Waals surface area (Å²) in [6.07, 6.45) is -5.57. The van der Waals surface area contributed by atoms with E-state index in [1.54, 1.807) is 13.8 Å². The minimum absolute atomic E-state index is 0.152. The molecule has 0 atom stereocenters. The SMILES string of the molecule is CC(C)c1cc(C(F)F)cc(C(F)F)n1. The third kappa shape index (κ3) is 2.91. The second-order valence-electron chi connectivity index (χ2n) is 3.51. The normalized spacial score (nSPS) is 11.8. The summed E-state index contributed by atoms with van der Waals surface area (Å²) in [6, 6.07) is 1.92. The molecule has 0 N–H and O–H groups in total. The molecule has 5 heteroatoms. The van der Waals surface area contributed by atoms with Gasteiger partial charge in [-0.15, -0.1) is 0 Å². The zero-order valence-corrected chi connectivity index (χ0v) is 8.35. The Morgan fingerprint density at radius 1 is 0.933 bits per heavy atom. The molecule has 0 spiro atoms. The summed E-state index contributed by atoms with van der Waals surface area (Å²) in [6.45, 7) is 3.43. The van der Waals surface area contributed by atoms with Gasteiger partial charge in [0.25, 0.3) is 12.9 Å². The van der Waals surface area contributed by atoms with Gasteiger partial charge in [-0.25, -0.2) is 17.6 Å². The van der Waals surface area contributed by atoms with Crippen molar-refractivity contribution in [1.29, 1.82) is 0 Å². The highest BCUT2D eigenvalue weighted by Gasteiger charge is 2.17. The monoisotopic (exact) mass is 221 g/mol. The summed E-state index contributed by atoms with van der Waals surface area (Å²) in [5.74, 6) is -0.152. The molecule has 0 saturated carbocycles. The van der Waals surface area contributed by atoms with Crippen LogP contribution in [0.3, 0.4) is 0 Å². The van der Waals surface area contributed by atoms with Crippen LogP contribution in [0.25, 0.3) is 0 Å². The summed E-state index contributed by atoms with van der Waals surface area (Å²) in [4.78, 5) is 3.63. The molecule has 0 bridgehead atoms. The van der Waals surface area contributed by atoms with E-state index >= 15 is 0 Å². The summed E-state index contributed by atoms with van der Waals surface area (Å²) >= 11 is 0. The predicted octanol–water partition coefficient (Wildman–Crippen LogP) is 4.08. The van der Waals surface area contributed by atoms with Crippen LogP contribution in [-0.4, -0.2) is 4.98 Å². The average molecular weight is 221 g/mol. The van der Waals surface area contributed by atoms with Gasteiger partial charge >= 0.3 is 0 Å². The molecule has 1 heterocycles. The van der Waals surface area contributed by atoms with Crippen molar-refractivity contribution in [3.63, 3.8) is 0 Å². The number of pyridine rings is 1. The molecule has 0 aliphatic rings. The third-order valence-electron chi connectivity index (χ3n) is 1.95. The Morgan fingerprint density at radius 2 is 1.47 bits per heavy atom. The van der Waals surface area contributed by atoms with Crippen molar-refractivity contribution in [1.82, 2.24) is 4.98 Å². The molecule has 0 saturated heterocycles. The van der Waals surface area contributed by atoms with Crippen LogP contribution in [0, 0.1) is 0 Å². The standard InChI is InChI=1S/C10H11F4N/c1-5(2)7-3-6(9(11)12)4-8(15-7)10(13)14/h3-5,9-10H,1-2H3. The van der Waals surface area contributed by atoms with Gasteiger partial charge in [0.05, 0.1) is 0 Å². The van der Waals surface area contributed by atoms with E-state index < -0.39 is 24.1 Å². The number of aromatic nitrogens is 1. The van der Waals surface area contributed by atoms with Crippen LogP contribution in [0.15, 0.2) is 12.1 Å². The molecule has 0 aliphatic heterocycles. The van der Waals surface area contributed by atoms with E-state index in [4.69, 9.17) is 0 Å². The number of nitrogens with zero attached hydrogens (tertiary/aromatic N) is 1. The zero-order valence-electron chi connectivity index (χ0n) is 8.35. The van der Waals surface area contributed by atoms with Crippen molar-refractivity contribution in [3.05, 3.63) is 29.1 Å². The lowest BCUT2D eigenvalue weighted by atomic mass is 10.1. The zero-order chi connectivity index (χ0) is 11.6. The van der Waals surface area contributed by atoms with Crippen LogP contribution < -0.4 is 0 Å². The minimum Gasteiger partial charge on any atom is -0.252 e. The first-order chi connectivity index (χ1) is 6.91. The summed E-state index contributed by atoms with van der Waals surface area (Å²) < 4.78 is 49.5. The lowest BCUT2D eigenvalue weighted by molar-refractivity contribution is 0.139. The molecular weight excluding hydrogens is 210 g/mol. The second-order valence-corrected chi connectivity index (χ2v) is 3.51. The Morgan fingerprint density at radius 3 is 1.87 bits per heavy atom. The van der Waals surface area contributed by atoms with Crippen LogP contribution >= 0.6 is 0 Å². The fourth-order valence-corrected chi connectivity index (χ4v) is 1.13. The maximum Gasteiger partial charge on any atom is 0.280 e. The topological polar surface area (TPSA) is 12.9 Å². The number of hydrogen-bond donors (Lipinski definition) is 0. The van der Waals surface area contributed by atoms with E-state index in [0.29, 0.717) is 0 Å². The predicted molar refractivity (Wildman–Crippen MR) is 48.2 cm³/mol. The van der Waals surface area contributed by atoms with Crippen LogP contribution in [0.2, 0.25) is 0 Å². The fraction of sp³-hybridized carbons (Fsp3) is 0.500. The average Bonchev–Trinajstić information content (AvgIpc) is 2.16. The van der Waals surface area contributed by atoms with E-state index in [1.165, 1.54) is 6.07 Å². The maximum atomic E-state index is 12.4. The number of alkyl halides is 4. The van der Waals surface area contributed by atoms with Crippen molar-refractivity contribution in [3.8, 4) is 0 Å². The van der Waals surface area contributed by atoms with Gasteiger partial charge in [-0.3, -0.25) is 4.98 Å². The number of halogens is 4. The van der Waals surface area contributed by atoms with E-state index in [2.05, 4.69) is 4.98 Å². The number of hydrogen-bond acceptors (Lipinski definition) is 1. The van der Waals surface area contributed by atoms with Gasteiger partial charge in [-0.1, -0.05) is 13.8 Å². The lowest BCUT2D eigenvalue weighted by Gasteiger charge is -2.10. The van der Waals surface area contributed by atoms with E-state index in [9.17, 15) is 17.6 Å². The Bertz CT molecular complexity index is 271. The minimum atomic E-state index is -2.82. The molecule has 0 radical (unpaired) electrons. The van der Waals surface area contributed by atoms with E-state index in [1.807, 2.05) is 0 Å². The van der Waals surface area contributed by atoms with Crippen molar-refractivity contribution in [2.45, 2.75) is 32.6 Å². The molecule has 0 fully saturated rings. The van der Waals surface area contributed by atoms with Gasteiger partial charge in [0.15, 0.2) is 0 Å². The van der Waals surface area contributed by atoms with Crippen LogP contribution in [0.4, 0.5) is 17.6 Å². The largest absolute Gasteiger partial charge is 0.280 e. The summed E-state index contributed by atoms with van der Waals surface area (Å²) in [5, 5.41) is 0.